The van der Waals surface area contributed by atoms with Crippen LogP contribution in [0.25, 0.3) is 0 Å². The fourth-order valence-electron chi connectivity index (χ4n) is 3.34. The zero-order valence-corrected chi connectivity index (χ0v) is 17.2. The summed E-state index contributed by atoms with van der Waals surface area (Å²) < 4.78 is 3.95. The maximum Gasteiger partial charge on any atom is 0.267 e. The van der Waals surface area contributed by atoms with E-state index in [0.29, 0.717) is 16.1 Å². The van der Waals surface area contributed by atoms with Crippen LogP contribution < -0.4 is 10.6 Å². The quantitative estimate of drug-likeness (QED) is 0.670. The molecular formula is C20H20N4O2S2. The molecule has 144 valence electrons. The molecule has 2 N–H and O–H groups in total. The highest BCUT2D eigenvalue weighted by atomic mass is 32.1. The molecule has 6 nitrogen and oxygen atoms in total. The highest BCUT2D eigenvalue weighted by Gasteiger charge is 2.26. The van der Waals surface area contributed by atoms with Gasteiger partial charge in [-0.15, -0.1) is 11.3 Å². The molecule has 0 radical (unpaired) electrons. The van der Waals surface area contributed by atoms with Gasteiger partial charge in [-0.25, -0.2) is 9.36 Å². The molecule has 1 aromatic carbocycles. The third-order valence-corrected chi connectivity index (χ3v) is 6.57. The van der Waals surface area contributed by atoms with Gasteiger partial charge < -0.3 is 10.6 Å². The van der Waals surface area contributed by atoms with Gasteiger partial charge in [-0.3, -0.25) is 9.59 Å². The molecule has 0 aliphatic heterocycles. The number of rotatable bonds is 4. The first-order valence-electron chi connectivity index (χ1n) is 9.11. The van der Waals surface area contributed by atoms with Crippen molar-refractivity contribution in [2.75, 3.05) is 5.32 Å². The van der Waals surface area contributed by atoms with Crippen LogP contribution >= 0.6 is 22.9 Å². The van der Waals surface area contributed by atoms with Gasteiger partial charge in [-0.05, 0) is 68.4 Å². The Morgan fingerprint density at radius 2 is 2.04 bits per heavy atom. The minimum atomic E-state index is -0.224. The zero-order valence-electron chi connectivity index (χ0n) is 15.6. The smallest absolute Gasteiger partial charge is 0.267 e. The van der Waals surface area contributed by atoms with Crippen LogP contribution in [0, 0.1) is 13.8 Å². The maximum absolute atomic E-state index is 12.9. The van der Waals surface area contributed by atoms with E-state index in [2.05, 4.69) is 20.0 Å². The van der Waals surface area contributed by atoms with Gasteiger partial charge in [-0.1, -0.05) is 6.07 Å². The van der Waals surface area contributed by atoms with Gasteiger partial charge in [0.1, 0.15) is 4.88 Å². The average molecular weight is 413 g/mol. The largest absolute Gasteiger partial charge is 0.344 e. The van der Waals surface area contributed by atoms with E-state index >= 15 is 0 Å². The summed E-state index contributed by atoms with van der Waals surface area (Å²) in [4.78, 5) is 31.6. The van der Waals surface area contributed by atoms with Crippen LogP contribution in [0.1, 0.15) is 60.1 Å². The van der Waals surface area contributed by atoms with Gasteiger partial charge in [0.25, 0.3) is 11.8 Å². The van der Waals surface area contributed by atoms with Crippen molar-refractivity contribution in [3.8, 4) is 0 Å². The molecule has 0 fully saturated rings. The summed E-state index contributed by atoms with van der Waals surface area (Å²) in [5.41, 5.74) is 3.04. The molecule has 0 spiro atoms. The van der Waals surface area contributed by atoms with Crippen molar-refractivity contribution < 1.29 is 9.59 Å². The van der Waals surface area contributed by atoms with Crippen LogP contribution in [0.15, 0.2) is 30.5 Å². The van der Waals surface area contributed by atoms with Gasteiger partial charge in [0.05, 0.1) is 16.7 Å². The topological polar surface area (TPSA) is 84.0 Å². The molecule has 4 rings (SSSR count). The summed E-state index contributed by atoms with van der Waals surface area (Å²) in [7, 11) is 0. The normalized spacial score (nSPS) is 15.7. The number of carbonyl (C=O) groups is 2. The number of thiazole rings is 1. The zero-order chi connectivity index (χ0) is 19.7. The number of hydrogen-bond acceptors (Lipinski definition) is 6. The van der Waals surface area contributed by atoms with Crippen molar-refractivity contribution in [1.82, 2.24) is 14.7 Å². The molecule has 8 heteroatoms. The second-order valence-electron chi connectivity index (χ2n) is 6.82. The van der Waals surface area contributed by atoms with Crippen LogP contribution in [0.5, 0.6) is 0 Å². The number of carbonyl (C=O) groups excluding carboxylic acids is 2. The van der Waals surface area contributed by atoms with E-state index < -0.39 is 0 Å². The lowest BCUT2D eigenvalue weighted by Crippen LogP contribution is -2.31. The van der Waals surface area contributed by atoms with E-state index in [1.807, 2.05) is 19.9 Å². The number of aromatic nitrogens is 2. The van der Waals surface area contributed by atoms with Crippen LogP contribution in [-0.2, 0) is 6.42 Å². The van der Waals surface area contributed by atoms with Crippen molar-refractivity contribution in [3.63, 3.8) is 0 Å². The molecule has 1 aliphatic carbocycles. The fourth-order valence-corrected chi connectivity index (χ4v) is 4.87. The van der Waals surface area contributed by atoms with Crippen molar-refractivity contribution in [1.29, 1.82) is 0 Å². The number of nitrogens with zero attached hydrogens (tertiary/aromatic N) is 2. The molecule has 1 atom stereocenters. The number of fused-ring (bicyclic) bond motifs is 1. The predicted octanol–water partition coefficient (Wildman–Crippen LogP) is 4.28. The van der Waals surface area contributed by atoms with Crippen LogP contribution in [0.2, 0.25) is 0 Å². The molecule has 2 aromatic heterocycles. The molecular weight excluding hydrogens is 392 g/mol. The molecule has 0 saturated carbocycles. The van der Waals surface area contributed by atoms with Crippen molar-refractivity contribution in [3.05, 3.63) is 62.0 Å². The van der Waals surface area contributed by atoms with Gasteiger partial charge in [0.2, 0.25) is 0 Å². The first kappa shape index (κ1) is 18.8. The highest BCUT2D eigenvalue weighted by molar-refractivity contribution is 7.11. The van der Waals surface area contributed by atoms with Gasteiger partial charge in [-0.2, -0.15) is 0 Å². The summed E-state index contributed by atoms with van der Waals surface area (Å²) in [5.74, 6) is -0.380. The van der Waals surface area contributed by atoms with Crippen molar-refractivity contribution in [2.45, 2.75) is 39.2 Å². The van der Waals surface area contributed by atoms with Crippen molar-refractivity contribution >= 4 is 40.4 Å². The monoisotopic (exact) mass is 412 g/mol. The molecule has 0 saturated heterocycles. The summed E-state index contributed by atoms with van der Waals surface area (Å²) in [6.45, 7) is 3.90. The summed E-state index contributed by atoms with van der Waals surface area (Å²) in [6.07, 6.45) is 4.56. The Bertz CT molecular complexity index is 1030. The highest BCUT2D eigenvalue weighted by Crippen LogP contribution is 2.33. The Kier molecular flexibility index (Phi) is 5.23. The van der Waals surface area contributed by atoms with E-state index in [0.717, 1.165) is 47.1 Å². The minimum absolute atomic E-state index is 0.0577. The summed E-state index contributed by atoms with van der Waals surface area (Å²) in [6, 6.07) is 6.96. The van der Waals surface area contributed by atoms with Gasteiger partial charge >= 0.3 is 0 Å². The number of anilines is 1. The fraction of sp³-hybridized carbons (Fsp3) is 0.300. The third-order valence-electron chi connectivity index (χ3n) is 4.78. The molecule has 28 heavy (non-hydrogen) atoms. The maximum atomic E-state index is 12.9. The molecule has 1 aliphatic rings. The minimum Gasteiger partial charge on any atom is -0.344 e. The summed E-state index contributed by atoms with van der Waals surface area (Å²) in [5, 5.41) is 7.02. The number of hydrogen-bond donors (Lipinski definition) is 2. The molecule has 2 heterocycles. The summed E-state index contributed by atoms with van der Waals surface area (Å²) >= 11 is 2.85. The van der Waals surface area contributed by atoms with E-state index in [1.54, 1.807) is 35.7 Å². The lowest BCUT2D eigenvalue weighted by atomic mass is 9.97. The van der Waals surface area contributed by atoms with Gasteiger partial charge in [0, 0.05) is 22.3 Å². The average Bonchev–Trinajstić information content (AvgIpc) is 3.33. The number of benzene rings is 1. The Labute approximate surface area is 171 Å². The first-order chi connectivity index (χ1) is 13.5. The predicted molar refractivity (Wildman–Crippen MR) is 111 cm³/mol. The van der Waals surface area contributed by atoms with E-state index in [-0.39, 0.29) is 17.9 Å². The lowest BCUT2D eigenvalue weighted by molar-refractivity contribution is 0.0931. The standard InChI is InChI=1S/C20H20N4O2S2/c1-11-6-7-13(10-15(11)24-20(26)17-8-9-21-28-17)19(25)23-14-4-3-5-16-18(14)22-12(2)27-16/h6-10,14H,3-5H2,1-2H3,(H,23,25)(H,24,26). The first-order valence-corrected chi connectivity index (χ1v) is 10.7. The third kappa shape index (κ3) is 3.83. The molecule has 2 amide bonds. The molecule has 0 bridgehead atoms. The van der Waals surface area contributed by atoms with E-state index in [4.69, 9.17) is 0 Å². The second-order valence-corrected chi connectivity index (χ2v) is 8.94. The van der Waals surface area contributed by atoms with E-state index in [1.165, 1.54) is 4.88 Å². The SMILES string of the molecule is Cc1nc2c(s1)CCCC2NC(=O)c1ccc(C)c(NC(=O)c2ccns2)c1. The Morgan fingerprint density at radius 1 is 1.18 bits per heavy atom. The number of aryl methyl sites for hydroxylation is 3. The molecule has 1 unspecified atom stereocenters. The second kappa shape index (κ2) is 7.81. The van der Waals surface area contributed by atoms with Crippen LogP contribution in [0.4, 0.5) is 5.69 Å². The van der Waals surface area contributed by atoms with Crippen LogP contribution in [-0.4, -0.2) is 21.2 Å². The number of amides is 2. The van der Waals surface area contributed by atoms with E-state index in [9.17, 15) is 9.59 Å². The Balaban J connectivity index is 1.51. The lowest BCUT2D eigenvalue weighted by Gasteiger charge is -2.22. The Hall–Kier alpha value is -2.58. The number of nitrogens with one attached hydrogen (secondary N) is 2. The Morgan fingerprint density at radius 3 is 2.82 bits per heavy atom. The molecule has 3 aromatic rings. The van der Waals surface area contributed by atoms with Gasteiger partial charge in [0.15, 0.2) is 0 Å². The van der Waals surface area contributed by atoms with Crippen molar-refractivity contribution in [2.24, 2.45) is 0 Å². The van der Waals surface area contributed by atoms with Crippen LogP contribution in [0.3, 0.4) is 0 Å².